The van der Waals surface area contributed by atoms with E-state index in [4.69, 9.17) is 0 Å². The largest absolute Gasteiger partial charge is 0.309 e. The standard InChI is InChI=1S/C16H21FN4OS/c1-4-6-20(16(22)5-7-23-3)15-11-21(19-12(15)2)14-8-13(17)9-18-10-14/h8-11H,4-7H2,1-3H3. The van der Waals surface area contributed by atoms with Gasteiger partial charge in [-0.2, -0.15) is 16.9 Å². The highest BCUT2D eigenvalue weighted by Crippen LogP contribution is 2.22. The minimum Gasteiger partial charge on any atom is -0.309 e. The van der Waals surface area contributed by atoms with Crippen molar-refractivity contribution in [2.45, 2.75) is 26.7 Å². The van der Waals surface area contributed by atoms with E-state index in [0.717, 1.165) is 29.8 Å². The Kier molecular flexibility index (Phi) is 6.15. The van der Waals surface area contributed by atoms with Crippen LogP contribution in [0.1, 0.15) is 25.5 Å². The molecule has 0 spiro atoms. The number of aryl methyl sites for hydroxylation is 1. The number of carbonyl (C=O) groups excluding carboxylic acids is 1. The molecule has 0 fully saturated rings. The van der Waals surface area contributed by atoms with Crippen LogP contribution in [0.2, 0.25) is 0 Å². The molecule has 7 heteroatoms. The van der Waals surface area contributed by atoms with E-state index in [9.17, 15) is 9.18 Å². The number of nitrogens with zero attached hydrogens (tertiary/aromatic N) is 4. The molecule has 5 nitrogen and oxygen atoms in total. The number of pyridine rings is 1. The fourth-order valence-electron chi connectivity index (χ4n) is 2.30. The lowest BCUT2D eigenvalue weighted by atomic mass is 10.3. The number of anilines is 1. The zero-order chi connectivity index (χ0) is 16.8. The molecular weight excluding hydrogens is 315 g/mol. The number of amides is 1. The normalized spacial score (nSPS) is 10.8. The summed E-state index contributed by atoms with van der Waals surface area (Å²) in [4.78, 5) is 18.1. The van der Waals surface area contributed by atoms with Crippen LogP contribution in [-0.2, 0) is 4.79 Å². The van der Waals surface area contributed by atoms with Crippen LogP contribution in [0.5, 0.6) is 0 Å². The van der Waals surface area contributed by atoms with E-state index in [0.29, 0.717) is 18.7 Å². The lowest BCUT2D eigenvalue weighted by Gasteiger charge is -2.21. The molecule has 124 valence electrons. The Bertz CT molecular complexity index is 674. The van der Waals surface area contributed by atoms with Crippen LogP contribution < -0.4 is 4.90 Å². The van der Waals surface area contributed by atoms with E-state index in [2.05, 4.69) is 10.1 Å². The summed E-state index contributed by atoms with van der Waals surface area (Å²) in [6, 6.07) is 1.36. The molecule has 23 heavy (non-hydrogen) atoms. The Balaban J connectivity index is 2.31. The maximum absolute atomic E-state index is 13.3. The average molecular weight is 336 g/mol. The van der Waals surface area contributed by atoms with Gasteiger partial charge in [0.05, 0.1) is 35.7 Å². The van der Waals surface area contributed by atoms with E-state index < -0.39 is 5.82 Å². The zero-order valence-corrected chi connectivity index (χ0v) is 14.4. The van der Waals surface area contributed by atoms with Gasteiger partial charge in [0.15, 0.2) is 0 Å². The number of rotatable bonds is 7. The summed E-state index contributed by atoms with van der Waals surface area (Å²) in [6.07, 6.45) is 7.79. The molecule has 0 aliphatic rings. The fourth-order valence-corrected chi connectivity index (χ4v) is 2.68. The van der Waals surface area contributed by atoms with E-state index in [1.54, 1.807) is 33.7 Å². The maximum Gasteiger partial charge on any atom is 0.227 e. The first kappa shape index (κ1) is 17.5. The maximum atomic E-state index is 13.3. The van der Waals surface area contributed by atoms with Crippen molar-refractivity contribution in [2.24, 2.45) is 0 Å². The third kappa shape index (κ3) is 4.31. The van der Waals surface area contributed by atoms with Gasteiger partial charge in [-0.25, -0.2) is 9.07 Å². The molecule has 0 aromatic carbocycles. The smallest absolute Gasteiger partial charge is 0.227 e. The number of hydrogen-bond donors (Lipinski definition) is 0. The molecule has 0 bridgehead atoms. The van der Waals surface area contributed by atoms with Crippen LogP contribution in [0.25, 0.3) is 5.69 Å². The van der Waals surface area contributed by atoms with Gasteiger partial charge in [-0.05, 0) is 19.6 Å². The van der Waals surface area contributed by atoms with Crippen molar-refractivity contribution in [2.75, 3.05) is 23.5 Å². The number of hydrogen-bond acceptors (Lipinski definition) is 4. The van der Waals surface area contributed by atoms with Gasteiger partial charge in [-0.3, -0.25) is 9.78 Å². The van der Waals surface area contributed by atoms with Crippen molar-refractivity contribution in [1.29, 1.82) is 0 Å². The molecule has 0 aliphatic carbocycles. The molecule has 0 N–H and O–H groups in total. The Labute approximate surface area is 139 Å². The molecule has 0 radical (unpaired) electrons. The fraction of sp³-hybridized carbons (Fsp3) is 0.438. The third-order valence-electron chi connectivity index (χ3n) is 3.39. The second-order valence-corrected chi connectivity index (χ2v) is 6.18. The summed E-state index contributed by atoms with van der Waals surface area (Å²) >= 11 is 1.65. The van der Waals surface area contributed by atoms with Gasteiger partial charge in [0.1, 0.15) is 5.82 Å². The SMILES string of the molecule is CCCN(C(=O)CCSC)c1cn(-c2cncc(F)c2)nc1C. The van der Waals surface area contributed by atoms with Gasteiger partial charge in [0.2, 0.25) is 5.91 Å². The number of aromatic nitrogens is 3. The van der Waals surface area contributed by atoms with Crippen molar-refractivity contribution < 1.29 is 9.18 Å². The first-order valence-electron chi connectivity index (χ1n) is 7.53. The van der Waals surface area contributed by atoms with Gasteiger partial charge in [-0.1, -0.05) is 6.92 Å². The molecule has 2 rings (SSSR count). The summed E-state index contributed by atoms with van der Waals surface area (Å²) in [5, 5.41) is 4.40. The summed E-state index contributed by atoms with van der Waals surface area (Å²) in [6.45, 7) is 4.52. The van der Waals surface area contributed by atoms with E-state index in [-0.39, 0.29) is 5.91 Å². The van der Waals surface area contributed by atoms with Crippen molar-refractivity contribution in [3.05, 3.63) is 36.2 Å². The number of thioether (sulfide) groups is 1. The van der Waals surface area contributed by atoms with Crippen molar-refractivity contribution >= 4 is 23.4 Å². The van der Waals surface area contributed by atoms with Gasteiger partial charge in [0.25, 0.3) is 0 Å². The van der Waals surface area contributed by atoms with Crippen LogP contribution in [-0.4, -0.2) is 39.2 Å². The Morgan fingerprint density at radius 3 is 2.87 bits per heavy atom. The zero-order valence-electron chi connectivity index (χ0n) is 13.6. The highest BCUT2D eigenvalue weighted by atomic mass is 32.2. The molecule has 2 aromatic heterocycles. The first-order chi connectivity index (χ1) is 11.1. The average Bonchev–Trinajstić information content (AvgIpc) is 2.92. The van der Waals surface area contributed by atoms with Crippen LogP contribution in [0.15, 0.2) is 24.7 Å². The quantitative estimate of drug-likeness (QED) is 0.779. The summed E-state index contributed by atoms with van der Waals surface area (Å²) in [5.74, 6) is 0.458. The minimum atomic E-state index is -0.418. The van der Waals surface area contributed by atoms with Gasteiger partial charge >= 0.3 is 0 Å². The molecule has 0 unspecified atom stereocenters. The number of carbonyl (C=O) groups is 1. The molecule has 0 saturated carbocycles. The molecule has 2 heterocycles. The van der Waals surface area contributed by atoms with Crippen LogP contribution >= 0.6 is 11.8 Å². The van der Waals surface area contributed by atoms with E-state index in [1.807, 2.05) is 20.1 Å². The van der Waals surface area contributed by atoms with Crippen molar-refractivity contribution in [3.8, 4) is 5.69 Å². The topological polar surface area (TPSA) is 51.0 Å². The van der Waals surface area contributed by atoms with Crippen LogP contribution in [0, 0.1) is 12.7 Å². The van der Waals surface area contributed by atoms with Crippen LogP contribution in [0.4, 0.5) is 10.1 Å². The molecule has 2 aromatic rings. The van der Waals surface area contributed by atoms with E-state index in [1.165, 1.54) is 6.07 Å². The highest BCUT2D eigenvalue weighted by Gasteiger charge is 2.19. The van der Waals surface area contributed by atoms with E-state index >= 15 is 0 Å². The van der Waals surface area contributed by atoms with Gasteiger partial charge in [0, 0.05) is 24.8 Å². The molecule has 1 amide bonds. The molecule has 0 saturated heterocycles. The van der Waals surface area contributed by atoms with Crippen molar-refractivity contribution in [3.63, 3.8) is 0 Å². The van der Waals surface area contributed by atoms with Crippen LogP contribution in [0.3, 0.4) is 0 Å². The number of halogens is 1. The van der Waals surface area contributed by atoms with Gasteiger partial charge in [-0.15, -0.1) is 0 Å². The molecular formula is C16H21FN4OS. The Morgan fingerprint density at radius 2 is 2.22 bits per heavy atom. The molecule has 0 atom stereocenters. The summed E-state index contributed by atoms with van der Waals surface area (Å²) < 4.78 is 14.9. The van der Waals surface area contributed by atoms with Crippen molar-refractivity contribution in [1.82, 2.24) is 14.8 Å². The predicted molar refractivity (Wildman–Crippen MR) is 91.7 cm³/mol. The monoisotopic (exact) mass is 336 g/mol. The lowest BCUT2D eigenvalue weighted by molar-refractivity contribution is -0.118. The summed E-state index contributed by atoms with van der Waals surface area (Å²) in [5.41, 5.74) is 2.04. The second-order valence-electron chi connectivity index (χ2n) is 5.19. The third-order valence-corrected chi connectivity index (χ3v) is 4.00. The molecule has 0 aliphatic heterocycles. The Morgan fingerprint density at radius 1 is 1.43 bits per heavy atom. The summed E-state index contributed by atoms with van der Waals surface area (Å²) in [7, 11) is 0. The lowest BCUT2D eigenvalue weighted by Crippen LogP contribution is -2.32. The first-order valence-corrected chi connectivity index (χ1v) is 8.92. The predicted octanol–water partition coefficient (Wildman–Crippen LogP) is 3.21. The highest BCUT2D eigenvalue weighted by molar-refractivity contribution is 7.98. The second kappa shape index (κ2) is 8.10. The van der Waals surface area contributed by atoms with Gasteiger partial charge < -0.3 is 4.90 Å². The Hall–Kier alpha value is -1.89. The minimum absolute atomic E-state index is 0.0845.